The molecule has 0 aliphatic carbocycles. The smallest absolute Gasteiger partial charge is 0.251 e. The molecule has 0 bridgehead atoms. The molecule has 3 rings (SSSR count). The number of benzene rings is 2. The average Bonchev–Trinajstić information content (AvgIpc) is 3.07. The van der Waals surface area contributed by atoms with Crippen molar-refractivity contribution in [3.63, 3.8) is 0 Å². The largest absolute Gasteiger partial charge is 0.346 e. The van der Waals surface area contributed by atoms with Gasteiger partial charge in [0.2, 0.25) is 5.91 Å². The van der Waals surface area contributed by atoms with E-state index in [0.717, 1.165) is 24.2 Å². The predicted molar refractivity (Wildman–Crippen MR) is 102 cm³/mol. The first kappa shape index (κ1) is 17.5. The molecule has 1 heterocycles. The Balaban J connectivity index is 1.71. The number of nitrogens with one attached hydrogen (secondary N) is 1. The molecule has 4 nitrogen and oxygen atoms in total. The third-order valence-electron chi connectivity index (χ3n) is 4.46. The van der Waals surface area contributed by atoms with E-state index in [9.17, 15) is 9.59 Å². The molecule has 1 fully saturated rings. The van der Waals surface area contributed by atoms with Gasteiger partial charge in [-0.15, -0.1) is 11.8 Å². The van der Waals surface area contributed by atoms with Gasteiger partial charge in [-0.05, 0) is 55.5 Å². The van der Waals surface area contributed by atoms with Crippen LogP contribution in [0, 0.1) is 0 Å². The number of hydrogen-bond donors (Lipinski definition) is 1. The van der Waals surface area contributed by atoms with Crippen molar-refractivity contribution in [2.45, 2.75) is 30.7 Å². The highest BCUT2D eigenvalue weighted by Crippen LogP contribution is 2.23. The molecule has 0 radical (unpaired) electrons. The first-order chi connectivity index (χ1) is 12.1. The number of carbonyl (C=O) groups excluding carboxylic acids is 2. The van der Waals surface area contributed by atoms with E-state index < -0.39 is 0 Å². The number of nitrogens with zero attached hydrogens (tertiary/aromatic N) is 1. The van der Waals surface area contributed by atoms with E-state index >= 15 is 0 Å². The van der Waals surface area contributed by atoms with Gasteiger partial charge in [0.15, 0.2) is 0 Å². The van der Waals surface area contributed by atoms with Crippen molar-refractivity contribution in [2.24, 2.45) is 0 Å². The second-order valence-electron chi connectivity index (χ2n) is 6.17. The molecule has 1 saturated heterocycles. The Morgan fingerprint density at radius 2 is 1.96 bits per heavy atom. The third-order valence-corrected chi connectivity index (χ3v) is 5.20. The van der Waals surface area contributed by atoms with E-state index in [1.165, 1.54) is 4.90 Å². The van der Waals surface area contributed by atoms with Gasteiger partial charge in [0.05, 0.1) is 6.04 Å². The quantitative estimate of drug-likeness (QED) is 0.825. The normalized spacial score (nSPS) is 15.3. The molecule has 0 saturated carbocycles. The zero-order valence-corrected chi connectivity index (χ0v) is 15.3. The lowest BCUT2D eigenvalue weighted by Gasteiger charge is -2.18. The molecule has 1 unspecified atom stereocenters. The topological polar surface area (TPSA) is 49.4 Å². The van der Waals surface area contributed by atoms with Crippen molar-refractivity contribution in [2.75, 3.05) is 17.7 Å². The minimum Gasteiger partial charge on any atom is -0.346 e. The van der Waals surface area contributed by atoms with E-state index in [0.29, 0.717) is 12.0 Å². The fourth-order valence-corrected chi connectivity index (χ4v) is 3.40. The molecule has 1 atom stereocenters. The van der Waals surface area contributed by atoms with Crippen LogP contribution in [0.3, 0.4) is 0 Å². The van der Waals surface area contributed by atoms with Crippen LogP contribution in [0.2, 0.25) is 0 Å². The first-order valence-corrected chi connectivity index (χ1v) is 9.66. The maximum absolute atomic E-state index is 12.6. The summed E-state index contributed by atoms with van der Waals surface area (Å²) < 4.78 is 0. The fourth-order valence-electron chi connectivity index (χ4n) is 2.99. The van der Waals surface area contributed by atoms with Crippen LogP contribution in [-0.4, -0.2) is 24.6 Å². The van der Waals surface area contributed by atoms with Crippen molar-refractivity contribution in [1.82, 2.24) is 5.32 Å². The highest BCUT2D eigenvalue weighted by Gasteiger charge is 2.22. The summed E-state index contributed by atoms with van der Waals surface area (Å²) in [6.45, 7) is 2.70. The molecule has 1 aliphatic heterocycles. The molecule has 2 aromatic carbocycles. The molecule has 25 heavy (non-hydrogen) atoms. The molecular formula is C20H22N2O2S. The number of hydrogen-bond acceptors (Lipinski definition) is 3. The van der Waals surface area contributed by atoms with Crippen LogP contribution in [0.4, 0.5) is 5.69 Å². The molecule has 2 aromatic rings. The van der Waals surface area contributed by atoms with Gasteiger partial charge < -0.3 is 10.2 Å². The van der Waals surface area contributed by atoms with E-state index in [4.69, 9.17) is 0 Å². The number of rotatable bonds is 5. The molecule has 5 heteroatoms. The molecule has 0 spiro atoms. The summed E-state index contributed by atoms with van der Waals surface area (Å²) >= 11 is 1.69. The summed E-state index contributed by atoms with van der Waals surface area (Å²) in [4.78, 5) is 27.4. The van der Waals surface area contributed by atoms with Crippen LogP contribution in [-0.2, 0) is 4.79 Å². The van der Waals surface area contributed by atoms with Gasteiger partial charge in [0.1, 0.15) is 0 Å². The van der Waals surface area contributed by atoms with Gasteiger partial charge in [-0.2, -0.15) is 0 Å². The Morgan fingerprint density at radius 1 is 1.20 bits per heavy atom. The summed E-state index contributed by atoms with van der Waals surface area (Å²) in [5, 5.41) is 3.03. The number of carbonyl (C=O) groups is 2. The summed E-state index contributed by atoms with van der Waals surface area (Å²) in [7, 11) is 0. The monoisotopic (exact) mass is 354 g/mol. The Labute approximate surface area is 152 Å². The molecule has 1 aliphatic rings. The van der Waals surface area contributed by atoms with Gasteiger partial charge in [-0.1, -0.05) is 18.2 Å². The molecule has 1 N–H and O–H groups in total. The van der Waals surface area contributed by atoms with Crippen LogP contribution >= 0.6 is 11.8 Å². The van der Waals surface area contributed by atoms with Gasteiger partial charge in [-0.25, -0.2) is 0 Å². The van der Waals surface area contributed by atoms with Crippen LogP contribution in [0.1, 0.15) is 41.7 Å². The maximum atomic E-state index is 12.6. The molecule has 0 aromatic heterocycles. The van der Waals surface area contributed by atoms with E-state index in [1.807, 2.05) is 37.4 Å². The summed E-state index contributed by atoms with van der Waals surface area (Å²) in [5.41, 5.74) is 2.44. The van der Waals surface area contributed by atoms with E-state index in [2.05, 4.69) is 17.4 Å². The van der Waals surface area contributed by atoms with Crippen LogP contribution in [0.25, 0.3) is 0 Å². The Hall–Kier alpha value is -2.27. The van der Waals surface area contributed by atoms with Crippen molar-refractivity contribution in [1.29, 1.82) is 0 Å². The second kappa shape index (κ2) is 7.74. The first-order valence-electron chi connectivity index (χ1n) is 8.44. The van der Waals surface area contributed by atoms with Crippen LogP contribution < -0.4 is 10.2 Å². The van der Waals surface area contributed by atoms with Gasteiger partial charge in [-0.3, -0.25) is 9.59 Å². The Morgan fingerprint density at radius 3 is 2.60 bits per heavy atom. The van der Waals surface area contributed by atoms with Crippen LogP contribution in [0.15, 0.2) is 53.4 Å². The minimum absolute atomic E-state index is 0.0829. The second-order valence-corrected chi connectivity index (χ2v) is 7.05. The average molecular weight is 354 g/mol. The Kier molecular flexibility index (Phi) is 5.43. The number of thioether (sulfide) groups is 1. The highest BCUT2D eigenvalue weighted by molar-refractivity contribution is 7.98. The fraction of sp³-hybridized carbons (Fsp3) is 0.300. The lowest BCUT2D eigenvalue weighted by Crippen LogP contribution is -2.27. The molecule has 2 amide bonds. The van der Waals surface area contributed by atoms with Crippen molar-refractivity contribution in [3.05, 3.63) is 59.7 Å². The minimum atomic E-state index is -0.130. The molecular weight excluding hydrogens is 332 g/mol. The summed E-state index contributed by atoms with van der Waals surface area (Å²) in [6, 6.07) is 15.4. The number of amides is 2. The lowest BCUT2D eigenvalue weighted by molar-refractivity contribution is -0.117. The van der Waals surface area contributed by atoms with E-state index in [-0.39, 0.29) is 17.9 Å². The zero-order chi connectivity index (χ0) is 17.8. The van der Waals surface area contributed by atoms with Crippen molar-refractivity contribution in [3.8, 4) is 0 Å². The standard InChI is InChI=1S/C20H22N2O2S/c1-14(15-8-10-18(25-2)11-9-15)21-20(24)16-5-3-6-17(13-16)22-12-4-7-19(22)23/h3,5-6,8-11,13-14H,4,7,12H2,1-2H3,(H,21,24). The lowest BCUT2D eigenvalue weighted by atomic mass is 10.1. The van der Waals surface area contributed by atoms with Gasteiger partial charge in [0.25, 0.3) is 5.91 Å². The van der Waals surface area contributed by atoms with Crippen molar-refractivity contribution < 1.29 is 9.59 Å². The van der Waals surface area contributed by atoms with E-state index in [1.54, 1.807) is 28.8 Å². The SMILES string of the molecule is CSc1ccc(C(C)NC(=O)c2cccc(N3CCCC3=O)c2)cc1. The van der Waals surface area contributed by atoms with Gasteiger partial charge in [0, 0.05) is 29.1 Å². The number of anilines is 1. The maximum Gasteiger partial charge on any atom is 0.251 e. The van der Waals surface area contributed by atoms with Crippen LogP contribution in [0.5, 0.6) is 0 Å². The molecule has 130 valence electrons. The zero-order valence-electron chi connectivity index (χ0n) is 14.5. The summed E-state index contributed by atoms with van der Waals surface area (Å²) in [6.07, 6.45) is 3.50. The Bertz CT molecular complexity index is 774. The highest BCUT2D eigenvalue weighted by atomic mass is 32.2. The third kappa shape index (κ3) is 4.04. The van der Waals surface area contributed by atoms with Crippen molar-refractivity contribution >= 4 is 29.3 Å². The van der Waals surface area contributed by atoms with Gasteiger partial charge >= 0.3 is 0 Å². The summed E-state index contributed by atoms with van der Waals surface area (Å²) in [5.74, 6) is -0.00486. The predicted octanol–water partition coefficient (Wildman–Crippen LogP) is 4.03.